The van der Waals surface area contributed by atoms with E-state index < -0.39 is 9.84 Å². The molecule has 1 aliphatic rings. The zero-order chi connectivity index (χ0) is 13.8. The zero-order valence-electron chi connectivity index (χ0n) is 11.4. The fraction of sp³-hybridized carbons (Fsp3) is 0.308. The highest BCUT2D eigenvalue weighted by atomic mass is 35.5. The summed E-state index contributed by atoms with van der Waals surface area (Å²) in [5.74, 6) is 0. The minimum absolute atomic E-state index is 0. The molecule has 0 fully saturated rings. The standard InChI is InChI=1S/C13H14N2O2S2.ClH/c1-15(2)13-14-12-8-5-4-6-11(19(3,16)17)9(8)7-10(12)18-13;/h4-6H,7H2,1-3H3;1H. The Hall–Kier alpha value is -1.11. The first-order valence-electron chi connectivity index (χ1n) is 5.87. The number of nitrogens with zero attached hydrogens (tertiary/aromatic N) is 2. The van der Waals surface area contributed by atoms with Crippen molar-refractivity contribution in [3.63, 3.8) is 0 Å². The number of thiazole rings is 1. The van der Waals surface area contributed by atoms with Gasteiger partial charge in [0.2, 0.25) is 0 Å². The molecule has 0 radical (unpaired) electrons. The van der Waals surface area contributed by atoms with E-state index in [1.807, 2.05) is 25.1 Å². The highest BCUT2D eigenvalue weighted by molar-refractivity contribution is 7.90. The van der Waals surface area contributed by atoms with Gasteiger partial charge < -0.3 is 4.90 Å². The van der Waals surface area contributed by atoms with Crippen molar-refractivity contribution in [2.75, 3.05) is 25.3 Å². The Balaban J connectivity index is 0.00000147. The molecular formula is C13H15ClN2O2S2. The number of hydrogen-bond donors (Lipinski definition) is 0. The Morgan fingerprint density at radius 3 is 2.60 bits per heavy atom. The number of sulfone groups is 1. The van der Waals surface area contributed by atoms with Crippen LogP contribution in [0, 0.1) is 0 Å². The molecule has 3 rings (SSSR count). The monoisotopic (exact) mass is 330 g/mol. The molecule has 1 aromatic carbocycles. The number of anilines is 1. The largest absolute Gasteiger partial charge is 0.354 e. The second-order valence-corrected chi connectivity index (χ2v) is 7.94. The van der Waals surface area contributed by atoms with Crippen LogP contribution in [0.1, 0.15) is 10.4 Å². The first-order valence-corrected chi connectivity index (χ1v) is 8.58. The van der Waals surface area contributed by atoms with E-state index in [0.29, 0.717) is 11.3 Å². The number of fused-ring (bicyclic) bond motifs is 3. The van der Waals surface area contributed by atoms with E-state index in [2.05, 4.69) is 4.98 Å². The number of benzene rings is 1. The molecule has 0 atom stereocenters. The van der Waals surface area contributed by atoms with Crippen LogP contribution in [0.15, 0.2) is 23.1 Å². The van der Waals surface area contributed by atoms with Crippen molar-refractivity contribution in [2.24, 2.45) is 0 Å². The predicted molar refractivity (Wildman–Crippen MR) is 85.0 cm³/mol. The number of hydrogen-bond acceptors (Lipinski definition) is 5. The van der Waals surface area contributed by atoms with Crippen molar-refractivity contribution in [1.82, 2.24) is 4.98 Å². The van der Waals surface area contributed by atoms with Gasteiger partial charge in [0.05, 0.1) is 10.6 Å². The lowest BCUT2D eigenvalue weighted by molar-refractivity contribution is 0.601. The molecule has 2 aromatic rings. The summed E-state index contributed by atoms with van der Waals surface area (Å²) in [6.45, 7) is 0. The van der Waals surface area contributed by atoms with Crippen LogP contribution in [-0.2, 0) is 16.3 Å². The third kappa shape index (κ3) is 2.32. The summed E-state index contributed by atoms with van der Waals surface area (Å²) in [4.78, 5) is 8.16. The van der Waals surface area contributed by atoms with Crippen LogP contribution in [-0.4, -0.2) is 33.8 Å². The van der Waals surface area contributed by atoms with E-state index in [1.165, 1.54) is 6.26 Å². The van der Waals surface area contributed by atoms with Gasteiger partial charge in [0.15, 0.2) is 15.0 Å². The molecule has 0 spiro atoms. The molecule has 0 saturated heterocycles. The molecule has 0 N–H and O–H groups in total. The van der Waals surface area contributed by atoms with Gasteiger partial charge in [-0.15, -0.1) is 23.7 Å². The molecular weight excluding hydrogens is 316 g/mol. The average molecular weight is 331 g/mol. The van der Waals surface area contributed by atoms with E-state index >= 15 is 0 Å². The van der Waals surface area contributed by atoms with Gasteiger partial charge in [0.25, 0.3) is 0 Å². The van der Waals surface area contributed by atoms with Gasteiger partial charge in [-0.25, -0.2) is 13.4 Å². The quantitative estimate of drug-likeness (QED) is 0.724. The van der Waals surface area contributed by atoms with E-state index in [1.54, 1.807) is 23.5 Å². The van der Waals surface area contributed by atoms with Crippen LogP contribution >= 0.6 is 23.7 Å². The summed E-state index contributed by atoms with van der Waals surface area (Å²) >= 11 is 1.63. The van der Waals surface area contributed by atoms with Gasteiger partial charge in [0, 0.05) is 37.2 Å². The molecule has 0 unspecified atom stereocenters. The summed E-state index contributed by atoms with van der Waals surface area (Å²) < 4.78 is 23.6. The number of aromatic nitrogens is 1. The molecule has 7 heteroatoms. The summed E-state index contributed by atoms with van der Waals surface area (Å²) in [5.41, 5.74) is 2.79. The van der Waals surface area contributed by atoms with Gasteiger partial charge in [-0.2, -0.15) is 0 Å². The second-order valence-electron chi connectivity index (χ2n) is 4.89. The van der Waals surface area contributed by atoms with E-state index in [-0.39, 0.29) is 12.4 Å². The minimum Gasteiger partial charge on any atom is -0.354 e. The zero-order valence-corrected chi connectivity index (χ0v) is 13.8. The minimum atomic E-state index is -3.18. The second kappa shape index (κ2) is 5.02. The van der Waals surface area contributed by atoms with Crippen LogP contribution in [0.3, 0.4) is 0 Å². The lowest BCUT2D eigenvalue weighted by atomic mass is 10.1. The van der Waals surface area contributed by atoms with Crippen molar-refractivity contribution < 1.29 is 8.42 Å². The van der Waals surface area contributed by atoms with E-state index in [0.717, 1.165) is 26.8 Å². The molecule has 1 heterocycles. The molecule has 0 aliphatic heterocycles. The van der Waals surface area contributed by atoms with Crippen LogP contribution in [0.25, 0.3) is 11.3 Å². The topological polar surface area (TPSA) is 50.3 Å². The van der Waals surface area contributed by atoms with Gasteiger partial charge in [-0.1, -0.05) is 12.1 Å². The SMILES string of the molecule is CN(C)c1nc2c(s1)Cc1c-2cccc1S(C)(=O)=O.Cl. The average Bonchev–Trinajstić information content (AvgIpc) is 2.83. The summed E-state index contributed by atoms with van der Waals surface area (Å²) in [6, 6.07) is 5.42. The molecule has 1 aromatic heterocycles. The molecule has 20 heavy (non-hydrogen) atoms. The molecule has 0 amide bonds. The van der Waals surface area contributed by atoms with Gasteiger partial charge >= 0.3 is 0 Å². The maximum atomic E-state index is 11.8. The van der Waals surface area contributed by atoms with Crippen molar-refractivity contribution in [3.8, 4) is 11.3 Å². The van der Waals surface area contributed by atoms with E-state index in [4.69, 9.17) is 0 Å². The van der Waals surface area contributed by atoms with Crippen molar-refractivity contribution in [3.05, 3.63) is 28.6 Å². The Morgan fingerprint density at radius 1 is 1.30 bits per heavy atom. The molecule has 4 nitrogen and oxygen atoms in total. The van der Waals surface area contributed by atoms with Gasteiger partial charge in [0.1, 0.15) is 0 Å². The molecule has 0 bridgehead atoms. The predicted octanol–water partition coefficient (Wildman–Crippen LogP) is 2.61. The Kier molecular flexibility index (Phi) is 3.83. The first-order chi connectivity index (χ1) is 8.88. The van der Waals surface area contributed by atoms with Gasteiger partial charge in [-0.3, -0.25) is 0 Å². The Bertz CT molecular complexity index is 767. The van der Waals surface area contributed by atoms with Gasteiger partial charge in [-0.05, 0) is 11.6 Å². The fourth-order valence-electron chi connectivity index (χ4n) is 2.34. The molecule has 1 aliphatic carbocycles. The number of halogens is 1. The summed E-state index contributed by atoms with van der Waals surface area (Å²) in [5, 5.41) is 0.959. The summed E-state index contributed by atoms with van der Waals surface area (Å²) in [7, 11) is 0.737. The van der Waals surface area contributed by atoms with Crippen molar-refractivity contribution >= 4 is 38.7 Å². The molecule has 108 valence electrons. The first kappa shape index (κ1) is 15.3. The maximum absolute atomic E-state index is 11.8. The van der Waals surface area contributed by atoms with E-state index in [9.17, 15) is 8.42 Å². The smallest absolute Gasteiger partial charge is 0.185 e. The maximum Gasteiger partial charge on any atom is 0.185 e. The van der Waals surface area contributed by atoms with Crippen LogP contribution in [0.2, 0.25) is 0 Å². The Labute approximate surface area is 128 Å². The number of rotatable bonds is 2. The third-order valence-corrected chi connectivity index (χ3v) is 5.60. The summed E-state index contributed by atoms with van der Waals surface area (Å²) in [6.07, 6.45) is 1.92. The fourth-order valence-corrected chi connectivity index (χ4v) is 4.30. The van der Waals surface area contributed by atoms with Crippen molar-refractivity contribution in [2.45, 2.75) is 11.3 Å². The lowest BCUT2D eigenvalue weighted by Gasteiger charge is -2.08. The van der Waals surface area contributed by atoms with Crippen LogP contribution < -0.4 is 4.90 Å². The molecule has 0 saturated carbocycles. The highest BCUT2D eigenvalue weighted by Gasteiger charge is 2.28. The normalized spacial score (nSPS) is 12.6. The third-order valence-electron chi connectivity index (χ3n) is 3.19. The van der Waals surface area contributed by atoms with Crippen LogP contribution in [0.5, 0.6) is 0 Å². The van der Waals surface area contributed by atoms with Crippen LogP contribution in [0.4, 0.5) is 5.13 Å². The highest BCUT2D eigenvalue weighted by Crippen LogP contribution is 2.43. The van der Waals surface area contributed by atoms with Crippen molar-refractivity contribution in [1.29, 1.82) is 0 Å². The Morgan fingerprint density at radius 2 is 2.00 bits per heavy atom. The lowest BCUT2D eigenvalue weighted by Crippen LogP contribution is -2.08.